The molecule has 0 heterocycles. The van der Waals surface area contributed by atoms with E-state index in [1.165, 1.54) is 71.2 Å². The first kappa shape index (κ1) is 61.4. The highest BCUT2D eigenvalue weighted by atomic mass is 28.4. The second-order valence-electron chi connectivity index (χ2n) is 15.9. The summed E-state index contributed by atoms with van der Waals surface area (Å²) in [5, 5.41) is 2.12. The van der Waals surface area contributed by atoms with E-state index in [9.17, 15) is 84.2 Å². The molecule has 2 aromatic rings. The number of alkyl halides is 17. The molecule has 0 aliphatic heterocycles. The number of carbonyl (C=O) groups is 2. The summed E-state index contributed by atoms with van der Waals surface area (Å²) in [6.45, 7) is 7.39. The van der Waals surface area contributed by atoms with Gasteiger partial charge in [0.15, 0.2) is 14.4 Å². The summed E-state index contributed by atoms with van der Waals surface area (Å²) in [4.78, 5) is 24.7. The monoisotopic (exact) mass is 1070 g/mol. The van der Waals surface area contributed by atoms with Gasteiger partial charge in [-0.15, -0.1) is 0 Å². The third-order valence-electron chi connectivity index (χ3n) is 10.8. The van der Waals surface area contributed by atoms with Crippen LogP contribution in [0.1, 0.15) is 58.6 Å². The lowest BCUT2D eigenvalue weighted by atomic mass is 9.88. The molecule has 0 saturated heterocycles. The molecule has 0 aromatic heterocycles. The molecule has 28 heteroatoms. The van der Waals surface area contributed by atoms with Gasteiger partial charge in [-0.1, -0.05) is 58.6 Å². The topological polar surface area (TPSA) is 92.3 Å². The van der Waals surface area contributed by atoms with E-state index in [1.54, 1.807) is 0 Å². The first-order valence-electron chi connectivity index (χ1n) is 20.3. The molecule has 0 radical (unpaired) electrons. The van der Waals surface area contributed by atoms with Crippen LogP contribution < -0.4 is 10.1 Å². The number of hydrogen-bond donors (Lipinski definition) is 1. The average molecular weight is 1070 g/mol. The Morgan fingerprint density at radius 1 is 0.729 bits per heavy atom. The third-order valence-corrected chi connectivity index (χ3v) is 16.4. The summed E-state index contributed by atoms with van der Waals surface area (Å²) < 4.78 is 291. The molecule has 398 valence electrons. The Kier molecular flexibility index (Phi) is 20.4. The average Bonchev–Trinajstić information content (AvgIpc) is 3.25. The molecule has 0 aliphatic rings. The summed E-state index contributed by atoms with van der Waals surface area (Å²) in [5.74, 6) is -59.8. The lowest BCUT2D eigenvalue weighted by Crippen LogP contribution is -2.74. The van der Waals surface area contributed by atoms with Gasteiger partial charge in [0, 0.05) is 25.7 Å². The summed E-state index contributed by atoms with van der Waals surface area (Å²) in [6, 6.07) is 6.18. The Hall–Kier alpha value is -4.73. The number of halogens is 19. The number of hydrogen-bond acceptors (Lipinski definition) is 7. The Morgan fingerprint density at radius 2 is 1.26 bits per heavy atom. The van der Waals surface area contributed by atoms with Crippen LogP contribution in [0.2, 0.25) is 17.1 Å². The van der Waals surface area contributed by atoms with Gasteiger partial charge in [0.1, 0.15) is 30.6 Å². The van der Waals surface area contributed by atoms with Gasteiger partial charge >= 0.3 is 59.7 Å². The van der Waals surface area contributed by atoms with Crippen molar-refractivity contribution in [2.24, 2.45) is 0 Å². The van der Waals surface area contributed by atoms with Gasteiger partial charge in [0.25, 0.3) is 0 Å². The predicted molar refractivity (Wildman–Crippen MR) is 213 cm³/mol. The maximum Gasteiger partial charge on any atom is 0.460 e. The fourth-order valence-corrected chi connectivity index (χ4v) is 11.2. The number of anilines is 1. The van der Waals surface area contributed by atoms with Gasteiger partial charge in [0.05, 0.1) is 18.4 Å². The van der Waals surface area contributed by atoms with E-state index in [0.29, 0.717) is 6.07 Å². The number of benzene rings is 2. The number of ether oxygens (including phenoxy) is 4. The molecule has 0 aliphatic carbocycles. The first-order chi connectivity index (χ1) is 31.9. The normalized spacial score (nSPS) is 14.8. The molecule has 2 atom stereocenters. The van der Waals surface area contributed by atoms with Crippen LogP contribution in [-0.2, 0) is 23.4 Å². The van der Waals surface area contributed by atoms with Crippen molar-refractivity contribution in [1.29, 1.82) is 0 Å². The first-order valence-corrected chi connectivity index (χ1v) is 22.6. The summed E-state index contributed by atoms with van der Waals surface area (Å²) in [6.07, 6.45) is -9.84. The fraction of sp³-hybridized carbons (Fsp3) is 0.571. The van der Waals surface area contributed by atoms with E-state index in [-0.39, 0.29) is 30.8 Å². The van der Waals surface area contributed by atoms with Crippen LogP contribution >= 0.6 is 0 Å². The second-order valence-corrected chi connectivity index (χ2v) is 20.9. The Balaban J connectivity index is 2.33. The fourth-order valence-electron chi connectivity index (χ4n) is 6.73. The van der Waals surface area contributed by atoms with E-state index in [0.717, 1.165) is 18.2 Å². The van der Waals surface area contributed by atoms with Gasteiger partial charge < -0.3 is 23.4 Å². The van der Waals surface area contributed by atoms with Crippen LogP contribution in [0, 0.1) is 11.6 Å². The minimum absolute atomic E-state index is 0.0185. The highest BCUT2D eigenvalue weighted by molar-refractivity contribution is 6.76. The Morgan fingerprint density at radius 3 is 1.74 bits per heavy atom. The van der Waals surface area contributed by atoms with Crippen LogP contribution in [0.5, 0.6) is 5.75 Å². The molecule has 0 saturated carbocycles. The molecular weight excluding hydrogens is 1020 g/mol. The van der Waals surface area contributed by atoms with Crippen LogP contribution in [0.15, 0.2) is 67.3 Å². The lowest BCUT2D eigenvalue weighted by molar-refractivity contribution is -0.461. The lowest BCUT2D eigenvalue weighted by Gasteiger charge is -2.44. The number of esters is 1. The van der Waals surface area contributed by atoms with Crippen LogP contribution in [0.25, 0.3) is 0 Å². The van der Waals surface area contributed by atoms with E-state index in [1.807, 2.05) is 0 Å². The zero-order valence-electron chi connectivity index (χ0n) is 37.3. The summed E-state index contributed by atoms with van der Waals surface area (Å²) >= 11 is 0. The van der Waals surface area contributed by atoms with E-state index in [2.05, 4.69) is 11.9 Å². The Bertz CT molecular complexity index is 2080. The number of carbonyl (C=O) groups excluding carboxylic acids is 2. The SMILES string of the molecule is C=CCOC(=O)/C=C/CC[C@H](OC)[C@@H](OC(=O)Nc1ccc(F)cc1F)c1ccc(OCCO[Si](CCC(F)(F)C(F)(F)C(F)(F)C(F)(F)C(F)(F)C(F)(F)C(F)(F)C(F)(F)F)(C(C)C)C(C)C)cc1. The molecule has 0 bridgehead atoms. The number of rotatable bonds is 27. The van der Waals surface area contributed by atoms with Gasteiger partial charge in [-0.3, -0.25) is 5.32 Å². The summed E-state index contributed by atoms with van der Waals surface area (Å²) in [5.41, 5.74) is -2.12. The maximum absolute atomic E-state index is 15.0. The molecule has 1 N–H and O–H groups in total. The van der Waals surface area contributed by atoms with Crippen LogP contribution in [0.4, 0.5) is 93.9 Å². The number of methoxy groups -OCH3 is 1. The predicted octanol–water partition coefficient (Wildman–Crippen LogP) is 13.9. The van der Waals surface area contributed by atoms with E-state index in [4.69, 9.17) is 23.4 Å². The molecule has 8 nitrogen and oxygen atoms in total. The van der Waals surface area contributed by atoms with Crippen molar-refractivity contribution in [3.05, 3.63) is 84.5 Å². The maximum atomic E-state index is 15.0. The van der Waals surface area contributed by atoms with Crippen LogP contribution in [-0.4, -0.2) is 101 Å². The standard InChI is InChI=1S/C42H46F19NO7Si/c1-7-19-67-32(63)11-9-8-10-31(65-6)33(69-34(64)62-30-17-14-27(43)23-29(30)44)26-12-15-28(16-13-26)66-20-21-68-70(24(2)3,25(4)5)22-18-35(45,46)36(47,48)37(49,50)38(51,52)39(53,54)40(55,56)41(57,58)42(59,60)61/h7,9,11-17,23-25,31,33H,1,8,10,18-22H2,2-6H3,(H,62,64)/b11-9+/t31-,33-/m0/s1. The zero-order chi connectivity index (χ0) is 54.1. The molecule has 1 amide bonds. The molecule has 0 fully saturated rings. The smallest absolute Gasteiger partial charge is 0.460 e. The second kappa shape index (κ2) is 23.2. The van der Waals surface area contributed by atoms with Gasteiger partial charge in [-0.2, -0.15) is 74.6 Å². The molecule has 2 rings (SSSR count). The largest absolute Gasteiger partial charge is 0.491 e. The minimum Gasteiger partial charge on any atom is -0.491 e. The number of nitrogens with one attached hydrogen (secondary N) is 1. The number of allylic oxidation sites excluding steroid dienone is 1. The van der Waals surface area contributed by atoms with Gasteiger partial charge in [-0.05, 0) is 59.8 Å². The highest BCUT2D eigenvalue weighted by Gasteiger charge is 2.95. The summed E-state index contributed by atoms with van der Waals surface area (Å²) in [7, 11) is -2.83. The van der Waals surface area contributed by atoms with Gasteiger partial charge in [0.2, 0.25) is 0 Å². The van der Waals surface area contributed by atoms with Crippen molar-refractivity contribution < 1.29 is 116 Å². The van der Waals surface area contributed by atoms with Crippen molar-refractivity contribution in [3.8, 4) is 5.75 Å². The molecule has 0 spiro atoms. The zero-order valence-corrected chi connectivity index (χ0v) is 38.3. The van der Waals surface area contributed by atoms with Crippen molar-refractivity contribution in [3.63, 3.8) is 0 Å². The van der Waals surface area contributed by atoms with Gasteiger partial charge in [-0.25, -0.2) is 18.4 Å². The molecule has 0 unspecified atom stereocenters. The van der Waals surface area contributed by atoms with E-state index < -0.39 is 134 Å². The van der Waals surface area contributed by atoms with Crippen LogP contribution in [0.3, 0.4) is 0 Å². The molecule has 70 heavy (non-hydrogen) atoms. The quantitative estimate of drug-likeness (QED) is 0.0238. The highest BCUT2D eigenvalue weighted by Crippen LogP contribution is 2.64. The van der Waals surface area contributed by atoms with Crippen molar-refractivity contribution in [1.82, 2.24) is 0 Å². The minimum atomic E-state index is -8.73. The molecular formula is C42H46F19NO7Si. The number of amides is 1. The third kappa shape index (κ3) is 13.0. The van der Waals surface area contributed by atoms with E-state index >= 15 is 8.78 Å². The molecule has 2 aromatic carbocycles. The Labute approximate surface area is 388 Å². The van der Waals surface area contributed by atoms with Crippen molar-refractivity contribution in [2.45, 2.75) is 124 Å². The van der Waals surface area contributed by atoms with Crippen molar-refractivity contribution >= 4 is 26.1 Å². The van der Waals surface area contributed by atoms with Crippen molar-refractivity contribution in [2.75, 3.05) is 32.2 Å².